The van der Waals surface area contributed by atoms with Crippen molar-refractivity contribution >= 4 is 23.3 Å². The number of benzene rings is 2. The highest BCUT2D eigenvalue weighted by atomic mass is 35.5. The number of rotatable bonds is 5. The Morgan fingerprint density at radius 2 is 1.95 bits per heavy atom. The lowest BCUT2D eigenvalue weighted by Gasteiger charge is -2.23. The summed E-state index contributed by atoms with van der Waals surface area (Å²) in [5, 5.41) is 9.67. The molecule has 0 radical (unpaired) electrons. The number of hydrogen-bond donors (Lipinski definition) is 1. The summed E-state index contributed by atoms with van der Waals surface area (Å²) in [7, 11) is 0. The average molecular weight is 290 g/mol. The fourth-order valence-electron chi connectivity index (χ4n) is 2.11. The number of carboxylic acids is 1. The van der Waals surface area contributed by atoms with Crippen LogP contribution < -0.4 is 4.90 Å². The van der Waals surface area contributed by atoms with E-state index in [2.05, 4.69) is 6.07 Å². The molecule has 2 aromatic rings. The molecule has 0 fully saturated rings. The fraction of sp³-hybridized carbons (Fsp3) is 0.188. The predicted molar refractivity (Wildman–Crippen MR) is 81.3 cm³/mol. The summed E-state index contributed by atoms with van der Waals surface area (Å²) in [5.74, 6) is -0.863. The van der Waals surface area contributed by atoms with Gasteiger partial charge >= 0.3 is 5.97 Å². The Hall–Kier alpha value is -2.00. The van der Waals surface area contributed by atoms with Crippen molar-refractivity contribution in [2.75, 3.05) is 11.4 Å². The first-order chi connectivity index (χ1) is 9.54. The second-order valence-corrected chi connectivity index (χ2v) is 5.16. The van der Waals surface area contributed by atoms with Gasteiger partial charge in [-0.1, -0.05) is 47.5 Å². The molecule has 0 aliphatic rings. The van der Waals surface area contributed by atoms with Crippen LogP contribution in [0.5, 0.6) is 0 Å². The summed E-state index contributed by atoms with van der Waals surface area (Å²) >= 11 is 5.98. The van der Waals surface area contributed by atoms with Gasteiger partial charge in [-0.2, -0.15) is 0 Å². The molecule has 1 N–H and O–H groups in total. The lowest BCUT2D eigenvalue weighted by molar-refractivity contribution is -0.135. The van der Waals surface area contributed by atoms with Crippen molar-refractivity contribution in [3.05, 3.63) is 64.7 Å². The second kappa shape index (κ2) is 6.44. The third-order valence-electron chi connectivity index (χ3n) is 2.96. The van der Waals surface area contributed by atoms with Crippen LogP contribution in [-0.4, -0.2) is 17.6 Å². The van der Waals surface area contributed by atoms with E-state index in [1.54, 1.807) is 17.0 Å². The molecule has 0 heterocycles. The molecule has 104 valence electrons. The molecule has 3 nitrogen and oxygen atoms in total. The zero-order valence-electron chi connectivity index (χ0n) is 11.2. The van der Waals surface area contributed by atoms with E-state index in [0.29, 0.717) is 11.6 Å². The minimum Gasteiger partial charge on any atom is -0.480 e. The summed E-state index contributed by atoms with van der Waals surface area (Å²) in [4.78, 5) is 12.8. The molecule has 0 aliphatic carbocycles. The Labute approximate surface area is 123 Å². The summed E-state index contributed by atoms with van der Waals surface area (Å²) in [6, 6.07) is 15.3. The van der Waals surface area contributed by atoms with Crippen LogP contribution in [0.2, 0.25) is 5.02 Å². The molecule has 0 unspecified atom stereocenters. The van der Waals surface area contributed by atoms with E-state index in [-0.39, 0.29) is 6.54 Å². The molecule has 2 rings (SSSR count). The number of carboxylic acid groups (broad SMARTS) is 1. The molecule has 0 saturated heterocycles. The Morgan fingerprint density at radius 3 is 2.60 bits per heavy atom. The van der Waals surface area contributed by atoms with Gasteiger partial charge in [-0.05, 0) is 30.7 Å². The third kappa shape index (κ3) is 4.00. The van der Waals surface area contributed by atoms with E-state index in [0.717, 1.165) is 16.8 Å². The van der Waals surface area contributed by atoms with Gasteiger partial charge in [0.05, 0.1) is 0 Å². The van der Waals surface area contributed by atoms with Crippen LogP contribution in [0.25, 0.3) is 0 Å². The van der Waals surface area contributed by atoms with Crippen LogP contribution in [0, 0.1) is 6.92 Å². The molecule has 0 aliphatic heterocycles. The molecule has 0 spiro atoms. The van der Waals surface area contributed by atoms with Crippen LogP contribution in [0.15, 0.2) is 48.5 Å². The van der Waals surface area contributed by atoms with Gasteiger partial charge in [0.25, 0.3) is 0 Å². The monoisotopic (exact) mass is 289 g/mol. The number of carbonyl (C=O) groups is 1. The fourth-order valence-corrected chi connectivity index (χ4v) is 2.29. The summed E-state index contributed by atoms with van der Waals surface area (Å²) in [5.41, 5.74) is 3.04. The predicted octanol–water partition coefficient (Wildman–Crippen LogP) is 3.74. The highest BCUT2D eigenvalue weighted by Crippen LogP contribution is 2.21. The zero-order chi connectivity index (χ0) is 14.5. The quantitative estimate of drug-likeness (QED) is 0.911. The van der Waals surface area contributed by atoms with Crippen LogP contribution >= 0.6 is 11.6 Å². The number of anilines is 1. The van der Waals surface area contributed by atoms with E-state index in [4.69, 9.17) is 16.7 Å². The van der Waals surface area contributed by atoms with Gasteiger partial charge in [0.2, 0.25) is 0 Å². The maximum atomic E-state index is 11.1. The first-order valence-corrected chi connectivity index (χ1v) is 6.70. The first kappa shape index (κ1) is 14.4. The standard InChI is InChI=1S/C16H16ClNO2/c1-12-4-2-5-13(8-12)10-18(11-16(19)20)15-7-3-6-14(17)9-15/h2-9H,10-11H2,1H3,(H,19,20). The molecule has 2 aromatic carbocycles. The maximum absolute atomic E-state index is 11.1. The van der Waals surface area contributed by atoms with Gasteiger partial charge in [-0.15, -0.1) is 0 Å². The SMILES string of the molecule is Cc1cccc(CN(CC(=O)O)c2cccc(Cl)c2)c1. The number of halogens is 1. The van der Waals surface area contributed by atoms with Crippen LogP contribution in [0.1, 0.15) is 11.1 Å². The molecule has 0 bridgehead atoms. The molecular formula is C16H16ClNO2. The number of nitrogens with zero attached hydrogens (tertiary/aromatic N) is 1. The smallest absolute Gasteiger partial charge is 0.323 e. The van der Waals surface area contributed by atoms with Crippen molar-refractivity contribution in [1.29, 1.82) is 0 Å². The molecule has 0 atom stereocenters. The van der Waals surface area contributed by atoms with Gasteiger partial charge < -0.3 is 10.0 Å². The van der Waals surface area contributed by atoms with Crippen molar-refractivity contribution in [3.63, 3.8) is 0 Å². The summed E-state index contributed by atoms with van der Waals surface area (Å²) < 4.78 is 0. The van der Waals surface area contributed by atoms with Gasteiger partial charge in [0.1, 0.15) is 6.54 Å². The van der Waals surface area contributed by atoms with E-state index >= 15 is 0 Å². The van der Waals surface area contributed by atoms with Gasteiger partial charge in [0, 0.05) is 17.3 Å². The van der Waals surface area contributed by atoms with Crippen molar-refractivity contribution in [2.24, 2.45) is 0 Å². The van der Waals surface area contributed by atoms with Crippen LogP contribution in [0.3, 0.4) is 0 Å². The number of aryl methyl sites for hydroxylation is 1. The summed E-state index contributed by atoms with van der Waals surface area (Å²) in [6.45, 7) is 2.49. The second-order valence-electron chi connectivity index (χ2n) is 4.72. The molecule has 0 saturated carbocycles. The molecular weight excluding hydrogens is 274 g/mol. The average Bonchev–Trinajstić information content (AvgIpc) is 2.37. The van der Waals surface area contributed by atoms with Crippen molar-refractivity contribution in [2.45, 2.75) is 13.5 Å². The third-order valence-corrected chi connectivity index (χ3v) is 3.19. The Balaban J connectivity index is 2.26. The Kier molecular flexibility index (Phi) is 4.64. The lowest BCUT2D eigenvalue weighted by Crippen LogP contribution is -2.29. The topological polar surface area (TPSA) is 40.5 Å². The van der Waals surface area contributed by atoms with Crippen LogP contribution in [-0.2, 0) is 11.3 Å². The van der Waals surface area contributed by atoms with Crippen molar-refractivity contribution in [1.82, 2.24) is 0 Å². The zero-order valence-corrected chi connectivity index (χ0v) is 12.0. The van der Waals surface area contributed by atoms with Crippen molar-refractivity contribution in [3.8, 4) is 0 Å². The highest BCUT2D eigenvalue weighted by Gasteiger charge is 2.12. The number of hydrogen-bond acceptors (Lipinski definition) is 2. The van der Waals surface area contributed by atoms with Gasteiger partial charge in [-0.25, -0.2) is 0 Å². The molecule has 4 heteroatoms. The van der Waals surface area contributed by atoms with Crippen molar-refractivity contribution < 1.29 is 9.90 Å². The Bertz CT molecular complexity index is 613. The van der Waals surface area contributed by atoms with Crippen LogP contribution in [0.4, 0.5) is 5.69 Å². The first-order valence-electron chi connectivity index (χ1n) is 6.32. The molecule has 0 aromatic heterocycles. The van der Waals surface area contributed by atoms with E-state index in [1.807, 2.05) is 37.3 Å². The normalized spacial score (nSPS) is 10.3. The minimum absolute atomic E-state index is 0.0612. The van der Waals surface area contributed by atoms with Gasteiger partial charge in [0.15, 0.2) is 0 Å². The Morgan fingerprint density at radius 1 is 1.20 bits per heavy atom. The van der Waals surface area contributed by atoms with E-state index in [9.17, 15) is 4.79 Å². The lowest BCUT2D eigenvalue weighted by atomic mass is 10.1. The summed E-state index contributed by atoms with van der Waals surface area (Å²) in [6.07, 6.45) is 0. The maximum Gasteiger partial charge on any atom is 0.323 e. The highest BCUT2D eigenvalue weighted by molar-refractivity contribution is 6.30. The molecule has 20 heavy (non-hydrogen) atoms. The largest absolute Gasteiger partial charge is 0.480 e. The van der Waals surface area contributed by atoms with E-state index in [1.165, 1.54) is 0 Å². The minimum atomic E-state index is -0.863. The van der Waals surface area contributed by atoms with Gasteiger partial charge in [-0.3, -0.25) is 4.79 Å². The van der Waals surface area contributed by atoms with E-state index < -0.39 is 5.97 Å². The molecule has 0 amide bonds. The number of aliphatic carboxylic acids is 1.